The van der Waals surface area contributed by atoms with Crippen molar-refractivity contribution in [1.82, 2.24) is 0 Å². The molecule has 3 rings (SSSR count). The first kappa shape index (κ1) is 17.6. The van der Waals surface area contributed by atoms with Crippen LogP contribution in [0.5, 0.6) is 0 Å². The quantitative estimate of drug-likeness (QED) is 0.885. The minimum atomic E-state index is -0.577. The van der Waals surface area contributed by atoms with E-state index >= 15 is 0 Å². The number of hydrogen-bond acceptors (Lipinski definition) is 3. The zero-order chi connectivity index (χ0) is 18.7. The minimum Gasteiger partial charge on any atom is -0.326 e. The summed E-state index contributed by atoms with van der Waals surface area (Å²) in [6.45, 7) is 1.60. The molecule has 134 valence electrons. The molecule has 0 radical (unpaired) electrons. The molecule has 2 aromatic carbocycles. The number of rotatable bonds is 4. The van der Waals surface area contributed by atoms with Crippen LogP contribution in [0.15, 0.2) is 48.5 Å². The Balaban J connectivity index is 1.71. The normalized spacial score (nSPS) is 16.5. The molecule has 0 spiro atoms. The number of para-hydroxylation sites is 1. The fourth-order valence-corrected chi connectivity index (χ4v) is 2.88. The van der Waals surface area contributed by atoms with Gasteiger partial charge in [-0.05, 0) is 30.3 Å². The van der Waals surface area contributed by atoms with Gasteiger partial charge in [0.2, 0.25) is 17.7 Å². The number of carbonyl (C=O) groups excluding carboxylic acids is 3. The van der Waals surface area contributed by atoms with Crippen molar-refractivity contribution >= 4 is 34.8 Å². The Morgan fingerprint density at radius 1 is 1.12 bits per heavy atom. The number of nitrogens with one attached hydrogen (secondary N) is 2. The van der Waals surface area contributed by atoms with E-state index in [0.29, 0.717) is 11.4 Å². The first-order valence-electron chi connectivity index (χ1n) is 8.17. The van der Waals surface area contributed by atoms with Gasteiger partial charge in [-0.2, -0.15) is 0 Å². The fourth-order valence-electron chi connectivity index (χ4n) is 2.88. The van der Waals surface area contributed by atoms with Crippen LogP contribution < -0.4 is 15.5 Å². The predicted octanol–water partition coefficient (Wildman–Crippen LogP) is 2.78. The first-order valence-corrected chi connectivity index (χ1v) is 8.17. The second kappa shape index (κ2) is 7.35. The van der Waals surface area contributed by atoms with Gasteiger partial charge in [0, 0.05) is 31.3 Å². The number of nitrogens with zero attached hydrogens (tertiary/aromatic N) is 1. The first-order chi connectivity index (χ1) is 12.4. The summed E-state index contributed by atoms with van der Waals surface area (Å²) < 4.78 is 13.7. The van der Waals surface area contributed by atoms with Gasteiger partial charge in [-0.3, -0.25) is 14.4 Å². The van der Waals surface area contributed by atoms with E-state index in [4.69, 9.17) is 0 Å². The van der Waals surface area contributed by atoms with Crippen LogP contribution in [0.25, 0.3) is 0 Å². The van der Waals surface area contributed by atoms with Gasteiger partial charge in [-0.15, -0.1) is 0 Å². The Kier molecular flexibility index (Phi) is 4.97. The molecule has 7 heteroatoms. The van der Waals surface area contributed by atoms with E-state index in [1.807, 2.05) is 0 Å². The number of hydrogen-bond donors (Lipinski definition) is 2. The van der Waals surface area contributed by atoms with E-state index in [-0.39, 0.29) is 30.5 Å². The van der Waals surface area contributed by atoms with E-state index in [2.05, 4.69) is 10.6 Å². The van der Waals surface area contributed by atoms with Crippen LogP contribution in [0.1, 0.15) is 13.3 Å². The number of amides is 3. The van der Waals surface area contributed by atoms with E-state index in [1.165, 1.54) is 30.0 Å². The molecule has 1 heterocycles. The maximum absolute atomic E-state index is 13.7. The van der Waals surface area contributed by atoms with Crippen molar-refractivity contribution in [3.63, 3.8) is 0 Å². The molecule has 1 saturated heterocycles. The van der Waals surface area contributed by atoms with Gasteiger partial charge >= 0.3 is 0 Å². The second-order valence-electron chi connectivity index (χ2n) is 6.11. The molecule has 1 atom stereocenters. The van der Waals surface area contributed by atoms with E-state index < -0.39 is 17.6 Å². The third-order valence-corrected chi connectivity index (χ3v) is 4.11. The zero-order valence-corrected chi connectivity index (χ0v) is 14.2. The smallest absolute Gasteiger partial charge is 0.229 e. The summed E-state index contributed by atoms with van der Waals surface area (Å²) in [4.78, 5) is 37.4. The molecular weight excluding hydrogens is 337 g/mol. The largest absolute Gasteiger partial charge is 0.326 e. The van der Waals surface area contributed by atoms with Crippen LogP contribution in [0, 0.1) is 11.7 Å². The molecule has 1 fully saturated rings. The SMILES string of the molecule is CC(=O)Nc1cccc(N2CC(C(=O)Nc3ccccc3F)CC2=O)c1. The van der Waals surface area contributed by atoms with E-state index in [1.54, 1.807) is 30.3 Å². The molecular formula is C19H18FN3O3. The van der Waals surface area contributed by atoms with Gasteiger partial charge in [0.05, 0.1) is 11.6 Å². The summed E-state index contributed by atoms with van der Waals surface area (Å²) in [5.41, 5.74) is 1.26. The highest BCUT2D eigenvalue weighted by molar-refractivity contribution is 6.04. The molecule has 3 amide bonds. The van der Waals surface area contributed by atoms with Crippen LogP contribution in [0.3, 0.4) is 0 Å². The number of anilines is 3. The molecule has 2 aromatic rings. The lowest BCUT2D eigenvalue weighted by molar-refractivity contribution is -0.122. The van der Waals surface area contributed by atoms with Gasteiger partial charge in [-0.1, -0.05) is 18.2 Å². The topological polar surface area (TPSA) is 78.5 Å². The van der Waals surface area contributed by atoms with Crippen molar-refractivity contribution in [2.45, 2.75) is 13.3 Å². The van der Waals surface area contributed by atoms with Gasteiger partial charge in [-0.25, -0.2) is 4.39 Å². The molecule has 0 saturated carbocycles. The Morgan fingerprint density at radius 2 is 1.88 bits per heavy atom. The average molecular weight is 355 g/mol. The van der Waals surface area contributed by atoms with Crippen molar-refractivity contribution in [1.29, 1.82) is 0 Å². The second-order valence-corrected chi connectivity index (χ2v) is 6.11. The average Bonchev–Trinajstić information content (AvgIpc) is 2.98. The summed E-state index contributed by atoms with van der Waals surface area (Å²) in [6.07, 6.45) is 0.0463. The summed E-state index contributed by atoms with van der Waals surface area (Å²) in [7, 11) is 0. The number of halogens is 1. The van der Waals surface area contributed by atoms with E-state index in [9.17, 15) is 18.8 Å². The van der Waals surface area contributed by atoms with Crippen molar-refractivity contribution in [2.75, 3.05) is 22.1 Å². The molecule has 0 aromatic heterocycles. The van der Waals surface area contributed by atoms with Crippen molar-refractivity contribution < 1.29 is 18.8 Å². The van der Waals surface area contributed by atoms with Gasteiger partial charge in [0.1, 0.15) is 5.82 Å². The summed E-state index contributed by atoms with van der Waals surface area (Å²) in [6, 6.07) is 12.7. The maximum Gasteiger partial charge on any atom is 0.229 e. The molecule has 26 heavy (non-hydrogen) atoms. The highest BCUT2D eigenvalue weighted by Gasteiger charge is 2.35. The number of carbonyl (C=O) groups is 3. The molecule has 0 bridgehead atoms. The highest BCUT2D eigenvalue weighted by atomic mass is 19.1. The monoisotopic (exact) mass is 355 g/mol. The third kappa shape index (κ3) is 3.88. The highest BCUT2D eigenvalue weighted by Crippen LogP contribution is 2.28. The van der Waals surface area contributed by atoms with Crippen molar-refractivity contribution in [3.05, 3.63) is 54.3 Å². The predicted molar refractivity (Wildman–Crippen MR) is 96.2 cm³/mol. The fraction of sp³-hybridized carbons (Fsp3) is 0.211. The molecule has 2 N–H and O–H groups in total. The molecule has 0 aliphatic carbocycles. The van der Waals surface area contributed by atoms with Crippen LogP contribution in [-0.2, 0) is 14.4 Å². The van der Waals surface area contributed by atoms with Crippen LogP contribution in [-0.4, -0.2) is 24.3 Å². The van der Waals surface area contributed by atoms with Gasteiger partial charge in [0.15, 0.2) is 0 Å². The molecule has 1 unspecified atom stereocenters. The third-order valence-electron chi connectivity index (χ3n) is 4.11. The Morgan fingerprint density at radius 3 is 2.62 bits per heavy atom. The van der Waals surface area contributed by atoms with Crippen LogP contribution in [0.4, 0.5) is 21.5 Å². The lowest BCUT2D eigenvalue weighted by atomic mass is 10.1. The van der Waals surface area contributed by atoms with Crippen molar-refractivity contribution in [3.8, 4) is 0 Å². The zero-order valence-electron chi connectivity index (χ0n) is 14.2. The van der Waals surface area contributed by atoms with Crippen LogP contribution in [0.2, 0.25) is 0 Å². The molecule has 6 nitrogen and oxygen atoms in total. The standard InChI is InChI=1S/C19H18FN3O3/c1-12(24)21-14-5-4-6-15(10-14)23-11-13(9-18(23)25)19(26)22-17-8-3-2-7-16(17)20/h2-8,10,13H,9,11H2,1H3,(H,21,24)(H,22,26). The number of benzene rings is 2. The minimum absolute atomic E-state index is 0.0463. The van der Waals surface area contributed by atoms with E-state index in [0.717, 1.165) is 0 Å². The summed E-state index contributed by atoms with van der Waals surface area (Å²) in [5, 5.41) is 5.19. The molecule has 1 aliphatic rings. The van der Waals surface area contributed by atoms with Gasteiger partial charge in [0.25, 0.3) is 0 Å². The summed E-state index contributed by atoms with van der Waals surface area (Å²) >= 11 is 0. The van der Waals surface area contributed by atoms with Gasteiger partial charge < -0.3 is 15.5 Å². The molecule has 1 aliphatic heterocycles. The Hall–Kier alpha value is -3.22. The van der Waals surface area contributed by atoms with Crippen molar-refractivity contribution in [2.24, 2.45) is 5.92 Å². The Labute approximate surface area is 150 Å². The lowest BCUT2D eigenvalue weighted by Crippen LogP contribution is -2.28. The maximum atomic E-state index is 13.7. The Bertz CT molecular complexity index is 869. The van der Waals surface area contributed by atoms with Crippen LogP contribution >= 0.6 is 0 Å². The summed E-state index contributed by atoms with van der Waals surface area (Å²) in [5.74, 6) is -1.91. The lowest BCUT2D eigenvalue weighted by Gasteiger charge is -2.18.